The largest absolute Gasteiger partial charge is 0.444 e. The Hall–Kier alpha value is -3.67. The number of fused-ring (bicyclic) bond motifs is 1. The standard InChI is InChI=1S/C27H33BrN6O5/c1-27(2,3)39-25(37)29-19-12-8-14-32(16-19)24-30-22-21(33(24)15-9-13-28)23(36)34(26(38)31(22)4)17-20(35)18-10-6-5-7-11-18/h5-7,9-11,13,19H,8,12,14-17H2,1-4H3,(H,29,37)/b13-9+. The number of Topliss-reactive ketones (excluding diaryl/α,β-unsaturated/α-hetero) is 1. The van der Waals surface area contributed by atoms with Gasteiger partial charge in [0.05, 0.1) is 6.54 Å². The Balaban J connectivity index is 1.73. The van der Waals surface area contributed by atoms with Gasteiger partial charge in [-0.05, 0) is 38.6 Å². The minimum Gasteiger partial charge on any atom is -0.444 e. The second-order valence-electron chi connectivity index (χ2n) is 10.5. The number of piperidine rings is 1. The van der Waals surface area contributed by atoms with Gasteiger partial charge < -0.3 is 19.5 Å². The predicted molar refractivity (Wildman–Crippen MR) is 153 cm³/mol. The lowest BCUT2D eigenvalue weighted by Gasteiger charge is -2.34. The van der Waals surface area contributed by atoms with Gasteiger partial charge in [0.2, 0.25) is 5.95 Å². The molecule has 12 heteroatoms. The quantitative estimate of drug-likeness (QED) is 0.413. The van der Waals surface area contributed by atoms with Crippen molar-refractivity contribution in [3.05, 3.63) is 67.8 Å². The van der Waals surface area contributed by atoms with E-state index in [0.717, 1.165) is 17.4 Å². The molecule has 1 unspecified atom stereocenters. The van der Waals surface area contributed by atoms with E-state index in [9.17, 15) is 19.2 Å². The van der Waals surface area contributed by atoms with Gasteiger partial charge in [-0.2, -0.15) is 4.98 Å². The van der Waals surface area contributed by atoms with Gasteiger partial charge in [-0.15, -0.1) is 0 Å². The zero-order valence-electron chi connectivity index (χ0n) is 22.5. The fourth-order valence-corrected chi connectivity index (χ4v) is 4.84. The lowest BCUT2D eigenvalue weighted by Crippen LogP contribution is -2.49. The summed E-state index contributed by atoms with van der Waals surface area (Å²) in [7, 11) is 1.54. The fourth-order valence-electron chi connectivity index (χ4n) is 4.67. The minimum absolute atomic E-state index is 0.183. The third-order valence-corrected chi connectivity index (χ3v) is 6.79. The van der Waals surface area contributed by atoms with Crippen LogP contribution < -0.4 is 21.5 Å². The van der Waals surface area contributed by atoms with Gasteiger partial charge >= 0.3 is 11.8 Å². The normalized spacial score (nSPS) is 16.1. The van der Waals surface area contributed by atoms with E-state index >= 15 is 0 Å². The summed E-state index contributed by atoms with van der Waals surface area (Å²) in [5.41, 5.74) is -0.943. The van der Waals surface area contributed by atoms with Crippen molar-refractivity contribution < 1.29 is 14.3 Å². The Kier molecular flexibility index (Phi) is 8.43. The Morgan fingerprint density at radius 3 is 2.56 bits per heavy atom. The number of hydrogen-bond acceptors (Lipinski definition) is 7. The molecule has 0 saturated carbocycles. The second kappa shape index (κ2) is 11.6. The van der Waals surface area contributed by atoms with Gasteiger partial charge in [-0.25, -0.2) is 9.59 Å². The molecule has 2 aromatic heterocycles. The average molecular weight is 602 g/mol. The van der Waals surface area contributed by atoms with E-state index in [1.165, 1.54) is 11.6 Å². The summed E-state index contributed by atoms with van der Waals surface area (Å²) in [6.45, 7) is 6.46. The Labute approximate surface area is 234 Å². The number of imidazole rings is 1. The van der Waals surface area contributed by atoms with E-state index in [2.05, 4.69) is 21.2 Å². The van der Waals surface area contributed by atoms with Crippen LogP contribution in [0.5, 0.6) is 0 Å². The summed E-state index contributed by atoms with van der Waals surface area (Å²) in [5, 5.41) is 2.93. The fraction of sp³-hybridized carbons (Fsp3) is 0.444. The molecule has 3 heterocycles. The van der Waals surface area contributed by atoms with Gasteiger partial charge in [-0.3, -0.25) is 18.7 Å². The van der Waals surface area contributed by atoms with E-state index in [1.54, 1.807) is 39.9 Å². The van der Waals surface area contributed by atoms with Crippen LogP contribution >= 0.6 is 15.9 Å². The highest BCUT2D eigenvalue weighted by atomic mass is 79.9. The molecule has 1 aliphatic heterocycles. The molecule has 1 saturated heterocycles. The number of benzene rings is 1. The van der Waals surface area contributed by atoms with Crippen LogP contribution in [0.4, 0.5) is 10.7 Å². The lowest BCUT2D eigenvalue weighted by atomic mass is 10.1. The molecule has 1 N–H and O–H groups in total. The number of aromatic nitrogens is 4. The van der Waals surface area contributed by atoms with Crippen LogP contribution in [-0.2, 0) is 24.9 Å². The number of anilines is 1. The molecule has 208 valence electrons. The van der Waals surface area contributed by atoms with E-state index in [4.69, 9.17) is 9.72 Å². The monoisotopic (exact) mass is 600 g/mol. The number of carbonyl (C=O) groups excluding carboxylic acids is 2. The highest BCUT2D eigenvalue weighted by Crippen LogP contribution is 2.24. The number of aryl methyl sites for hydroxylation is 1. The summed E-state index contributed by atoms with van der Waals surface area (Å²) >= 11 is 3.29. The topological polar surface area (TPSA) is 120 Å². The van der Waals surface area contributed by atoms with Crippen molar-refractivity contribution >= 4 is 44.9 Å². The number of ketones is 1. The molecule has 3 aromatic rings. The summed E-state index contributed by atoms with van der Waals surface area (Å²) in [5.74, 6) is 0.165. The summed E-state index contributed by atoms with van der Waals surface area (Å²) in [6, 6.07) is 8.37. The first kappa shape index (κ1) is 28.3. The van der Waals surface area contributed by atoms with Crippen LogP contribution in [0.2, 0.25) is 0 Å². The number of halogens is 1. The van der Waals surface area contributed by atoms with Crippen LogP contribution in [0.3, 0.4) is 0 Å². The number of carbonyl (C=O) groups is 2. The van der Waals surface area contributed by atoms with E-state index < -0.39 is 22.9 Å². The van der Waals surface area contributed by atoms with Crippen molar-refractivity contribution in [2.75, 3.05) is 18.0 Å². The van der Waals surface area contributed by atoms with Crippen LogP contribution in [0.25, 0.3) is 11.2 Å². The summed E-state index contributed by atoms with van der Waals surface area (Å²) < 4.78 is 9.42. The molecular formula is C27H33BrN6O5. The van der Waals surface area contributed by atoms with E-state index in [0.29, 0.717) is 31.1 Å². The molecule has 0 aliphatic carbocycles. The highest BCUT2D eigenvalue weighted by Gasteiger charge is 2.29. The lowest BCUT2D eigenvalue weighted by molar-refractivity contribution is 0.0499. The maximum atomic E-state index is 13.7. The number of nitrogens with zero attached hydrogens (tertiary/aromatic N) is 5. The number of nitrogens with one attached hydrogen (secondary N) is 1. The Bertz CT molecular complexity index is 1520. The highest BCUT2D eigenvalue weighted by molar-refractivity contribution is 9.11. The maximum Gasteiger partial charge on any atom is 0.407 e. The first-order chi connectivity index (χ1) is 18.5. The van der Waals surface area contributed by atoms with Gasteiger partial charge in [-0.1, -0.05) is 52.3 Å². The summed E-state index contributed by atoms with van der Waals surface area (Å²) in [6.07, 6.45) is 2.88. The van der Waals surface area contributed by atoms with Crippen LogP contribution in [0.1, 0.15) is 44.0 Å². The summed E-state index contributed by atoms with van der Waals surface area (Å²) in [4.78, 5) is 60.6. The molecule has 1 aliphatic rings. The molecule has 4 rings (SSSR count). The molecular weight excluding hydrogens is 568 g/mol. The van der Waals surface area contributed by atoms with Crippen molar-refractivity contribution in [1.82, 2.24) is 24.0 Å². The van der Waals surface area contributed by atoms with Gasteiger partial charge in [0.1, 0.15) is 5.60 Å². The number of allylic oxidation sites excluding steroid dienone is 1. The maximum absolute atomic E-state index is 13.7. The van der Waals surface area contributed by atoms with E-state index in [1.807, 2.05) is 31.7 Å². The van der Waals surface area contributed by atoms with Gasteiger partial charge in [0.15, 0.2) is 16.9 Å². The zero-order valence-corrected chi connectivity index (χ0v) is 24.1. The molecule has 0 bridgehead atoms. The van der Waals surface area contributed by atoms with Crippen molar-refractivity contribution in [1.29, 1.82) is 0 Å². The number of ether oxygens (including phenoxy) is 1. The smallest absolute Gasteiger partial charge is 0.407 e. The molecule has 0 radical (unpaired) electrons. The van der Waals surface area contributed by atoms with Crippen molar-refractivity contribution in [3.8, 4) is 0 Å². The van der Waals surface area contributed by atoms with Crippen LogP contribution in [-0.4, -0.2) is 55.3 Å². The first-order valence-corrected chi connectivity index (χ1v) is 13.7. The minimum atomic E-state index is -0.618. The number of rotatable bonds is 7. The van der Waals surface area contributed by atoms with Crippen molar-refractivity contribution in [2.45, 2.75) is 58.3 Å². The van der Waals surface area contributed by atoms with Crippen LogP contribution in [0, 0.1) is 0 Å². The molecule has 1 amide bonds. The molecule has 39 heavy (non-hydrogen) atoms. The third kappa shape index (κ3) is 6.32. The number of amides is 1. The average Bonchev–Trinajstić information content (AvgIpc) is 3.28. The molecule has 11 nitrogen and oxygen atoms in total. The molecule has 1 atom stereocenters. The molecule has 0 spiro atoms. The molecule has 1 fully saturated rings. The van der Waals surface area contributed by atoms with Crippen molar-refractivity contribution in [3.63, 3.8) is 0 Å². The predicted octanol–water partition coefficient (Wildman–Crippen LogP) is 3.18. The van der Waals surface area contributed by atoms with Gasteiger partial charge in [0, 0.05) is 38.3 Å². The van der Waals surface area contributed by atoms with Crippen molar-refractivity contribution in [2.24, 2.45) is 7.05 Å². The third-order valence-electron chi connectivity index (χ3n) is 6.41. The number of alkyl carbamates (subject to hydrolysis) is 1. The van der Waals surface area contributed by atoms with E-state index in [-0.39, 0.29) is 29.5 Å². The Morgan fingerprint density at radius 1 is 1.18 bits per heavy atom. The zero-order chi connectivity index (χ0) is 28.3. The molecule has 1 aromatic carbocycles. The first-order valence-electron chi connectivity index (χ1n) is 12.8. The van der Waals surface area contributed by atoms with Gasteiger partial charge in [0.25, 0.3) is 5.56 Å². The van der Waals surface area contributed by atoms with Crippen LogP contribution in [0.15, 0.2) is 51.0 Å². The Morgan fingerprint density at radius 2 is 1.90 bits per heavy atom. The SMILES string of the molecule is Cn1c(=O)n(CC(=O)c2ccccc2)c(=O)c2c1nc(N1CCCC(NC(=O)OC(C)(C)C)C1)n2C/C=C/Br. The number of hydrogen-bond donors (Lipinski definition) is 1. The second-order valence-corrected chi connectivity index (χ2v) is 11.0.